The van der Waals surface area contributed by atoms with E-state index in [1.54, 1.807) is 0 Å². The average Bonchev–Trinajstić information content (AvgIpc) is 3.76. The molecule has 0 spiro atoms. The van der Waals surface area contributed by atoms with E-state index >= 15 is 0 Å². The van der Waals surface area contributed by atoms with E-state index in [0.717, 1.165) is 44.4 Å². The molecule has 2 nitrogen and oxygen atoms in total. The highest BCUT2D eigenvalue weighted by molar-refractivity contribution is 6.18. The third kappa shape index (κ3) is 4.27. The Morgan fingerprint density at radius 1 is 0.358 bits per heavy atom. The van der Waals surface area contributed by atoms with E-state index < -0.39 is 5.41 Å². The first kappa shape index (κ1) is 29.8. The molecule has 1 heterocycles. The van der Waals surface area contributed by atoms with Crippen LogP contribution in [0.5, 0.6) is 0 Å². The van der Waals surface area contributed by atoms with Gasteiger partial charge in [-0.05, 0) is 74.5 Å². The Labute approximate surface area is 307 Å². The van der Waals surface area contributed by atoms with Gasteiger partial charge in [-0.2, -0.15) is 0 Å². The molecule has 11 rings (SSSR count). The molecular formula is C51H33NO. The van der Waals surface area contributed by atoms with Crippen LogP contribution in [0, 0.1) is 0 Å². The number of benzene rings is 9. The number of nitrogens with zero attached hydrogens (tertiary/aromatic N) is 1. The third-order valence-electron chi connectivity index (χ3n) is 11.3. The molecule has 0 amide bonds. The lowest BCUT2D eigenvalue weighted by Crippen LogP contribution is -2.28. The minimum Gasteiger partial charge on any atom is -0.453 e. The fourth-order valence-corrected chi connectivity index (χ4v) is 9.07. The van der Waals surface area contributed by atoms with Gasteiger partial charge in [0.1, 0.15) is 5.58 Å². The van der Waals surface area contributed by atoms with Crippen LogP contribution in [0.15, 0.2) is 205 Å². The molecule has 248 valence electrons. The Morgan fingerprint density at radius 3 is 1.72 bits per heavy atom. The number of anilines is 3. The second-order valence-electron chi connectivity index (χ2n) is 14.0. The monoisotopic (exact) mass is 675 g/mol. The molecular weight excluding hydrogens is 643 g/mol. The third-order valence-corrected chi connectivity index (χ3v) is 11.3. The van der Waals surface area contributed by atoms with Gasteiger partial charge in [0.15, 0.2) is 5.58 Å². The van der Waals surface area contributed by atoms with Crippen molar-refractivity contribution in [2.24, 2.45) is 0 Å². The lowest BCUT2D eigenvalue weighted by molar-refractivity contribution is 0.673. The minimum atomic E-state index is -0.461. The molecule has 53 heavy (non-hydrogen) atoms. The van der Waals surface area contributed by atoms with Crippen LogP contribution in [0.1, 0.15) is 22.3 Å². The van der Waals surface area contributed by atoms with Crippen molar-refractivity contribution in [2.45, 2.75) is 5.41 Å². The molecule has 1 aliphatic rings. The Morgan fingerprint density at radius 2 is 0.925 bits per heavy atom. The second-order valence-corrected chi connectivity index (χ2v) is 14.0. The van der Waals surface area contributed by atoms with E-state index in [1.165, 1.54) is 49.5 Å². The number of furan rings is 1. The Balaban J connectivity index is 1.22. The number of rotatable bonds is 5. The number of hydrogen-bond donors (Lipinski definition) is 0. The van der Waals surface area contributed by atoms with E-state index in [-0.39, 0.29) is 0 Å². The molecule has 0 aliphatic heterocycles. The summed E-state index contributed by atoms with van der Waals surface area (Å²) in [6.45, 7) is 0. The Hall–Kier alpha value is -6.90. The molecule has 0 atom stereocenters. The van der Waals surface area contributed by atoms with Crippen molar-refractivity contribution in [3.8, 4) is 11.1 Å². The van der Waals surface area contributed by atoms with Gasteiger partial charge in [0, 0.05) is 27.2 Å². The highest BCUT2D eigenvalue weighted by Gasteiger charge is 2.46. The van der Waals surface area contributed by atoms with E-state index in [1.807, 2.05) is 0 Å². The number of hydrogen-bond acceptors (Lipinski definition) is 2. The van der Waals surface area contributed by atoms with E-state index in [0.29, 0.717) is 0 Å². The first-order chi connectivity index (χ1) is 26.3. The predicted octanol–water partition coefficient (Wildman–Crippen LogP) is 13.7. The first-order valence-corrected chi connectivity index (χ1v) is 18.3. The Bertz CT molecular complexity index is 2970. The number of para-hydroxylation sites is 1. The molecule has 0 bridgehead atoms. The molecule has 0 saturated carbocycles. The van der Waals surface area contributed by atoms with Crippen LogP contribution in [0.2, 0.25) is 0 Å². The van der Waals surface area contributed by atoms with Crippen molar-refractivity contribution < 1.29 is 4.42 Å². The van der Waals surface area contributed by atoms with Gasteiger partial charge in [0.2, 0.25) is 0 Å². The van der Waals surface area contributed by atoms with E-state index in [4.69, 9.17) is 4.42 Å². The molecule has 0 saturated heterocycles. The zero-order valence-electron chi connectivity index (χ0n) is 28.9. The summed E-state index contributed by atoms with van der Waals surface area (Å²) in [4.78, 5) is 2.41. The summed E-state index contributed by atoms with van der Waals surface area (Å²) < 4.78 is 6.99. The van der Waals surface area contributed by atoms with Crippen LogP contribution in [0.25, 0.3) is 54.6 Å². The van der Waals surface area contributed by atoms with Gasteiger partial charge in [-0.1, -0.05) is 170 Å². The molecule has 1 aliphatic carbocycles. The zero-order valence-corrected chi connectivity index (χ0v) is 28.9. The van der Waals surface area contributed by atoms with Crippen LogP contribution >= 0.6 is 0 Å². The van der Waals surface area contributed by atoms with Gasteiger partial charge in [-0.25, -0.2) is 0 Å². The Kier molecular flexibility index (Phi) is 6.50. The maximum absolute atomic E-state index is 6.99. The standard InChI is InChI=1S/C51H33NO/c1-3-18-36(19-4-1)51(37-20-5-2-6-21-37)45-26-12-11-24-41(45)44-33-38(30-32-46(44)51)52(47-27-13-17-34-15-7-9-22-39(34)47)48-28-14-25-42-43-31-29-35-16-8-10-23-40(35)49(43)53-50(42)48/h1-33H. The van der Waals surface area contributed by atoms with Crippen molar-refractivity contribution in [1.29, 1.82) is 0 Å². The molecule has 0 N–H and O–H groups in total. The van der Waals surface area contributed by atoms with E-state index in [9.17, 15) is 0 Å². The first-order valence-electron chi connectivity index (χ1n) is 18.3. The topological polar surface area (TPSA) is 16.4 Å². The predicted molar refractivity (Wildman–Crippen MR) is 221 cm³/mol. The molecule has 0 radical (unpaired) electrons. The molecule has 0 fully saturated rings. The van der Waals surface area contributed by atoms with Gasteiger partial charge >= 0.3 is 0 Å². The van der Waals surface area contributed by atoms with Gasteiger partial charge in [-0.15, -0.1) is 0 Å². The van der Waals surface area contributed by atoms with Gasteiger partial charge < -0.3 is 9.32 Å². The fourth-order valence-electron chi connectivity index (χ4n) is 9.07. The maximum Gasteiger partial charge on any atom is 0.159 e. The largest absolute Gasteiger partial charge is 0.453 e. The van der Waals surface area contributed by atoms with Crippen molar-refractivity contribution in [1.82, 2.24) is 0 Å². The molecule has 1 aromatic heterocycles. The molecule has 2 heteroatoms. The quantitative estimate of drug-likeness (QED) is 0.181. The van der Waals surface area contributed by atoms with Gasteiger partial charge in [0.05, 0.1) is 16.8 Å². The SMILES string of the molecule is c1ccc(C2(c3ccccc3)c3ccccc3-c3cc(N(c4cccc5ccccc45)c4cccc5c4oc4c6ccccc6ccc54)ccc32)cc1. The smallest absolute Gasteiger partial charge is 0.159 e. The summed E-state index contributed by atoms with van der Waals surface area (Å²) in [5.41, 5.74) is 12.1. The van der Waals surface area contributed by atoms with E-state index in [2.05, 4.69) is 205 Å². The maximum atomic E-state index is 6.99. The van der Waals surface area contributed by atoms with Crippen LogP contribution in [-0.2, 0) is 5.41 Å². The summed E-state index contributed by atoms with van der Waals surface area (Å²) in [6.07, 6.45) is 0. The minimum absolute atomic E-state index is 0.461. The van der Waals surface area contributed by atoms with Crippen molar-refractivity contribution in [3.63, 3.8) is 0 Å². The highest BCUT2D eigenvalue weighted by Crippen LogP contribution is 2.57. The lowest BCUT2D eigenvalue weighted by Gasteiger charge is -2.34. The van der Waals surface area contributed by atoms with Crippen LogP contribution < -0.4 is 4.90 Å². The molecule has 0 unspecified atom stereocenters. The summed E-state index contributed by atoms with van der Waals surface area (Å²) >= 11 is 0. The summed E-state index contributed by atoms with van der Waals surface area (Å²) in [5.74, 6) is 0. The highest BCUT2D eigenvalue weighted by atomic mass is 16.3. The molecule has 9 aromatic carbocycles. The summed E-state index contributed by atoms with van der Waals surface area (Å²) in [6, 6.07) is 72.7. The van der Waals surface area contributed by atoms with Gasteiger partial charge in [-0.3, -0.25) is 0 Å². The van der Waals surface area contributed by atoms with Crippen LogP contribution in [0.4, 0.5) is 17.1 Å². The van der Waals surface area contributed by atoms with Gasteiger partial charge in [0.25, 0.3) is 0 Å². The van der Waals surface area contributed by atoms with Crippen molar-refractivity contribution in [2.75, 3.05) is 4.90 Å². The fraction of sp³-hybridized carbons (Fsp3) is 0.0196. The lowest BCUT2D eigenvalue weighted by atomic mass is 9.68. The number of fused-ring (bicyclic) bond motifs is 9. The molecule has 10 aromatic rings. The summed E-state index contributed by atoms with van der Waals surface area (Å²) in [5, 5.41) is 6.89. The van der Waals surface area contributed by atoms with Crippen molar-refractivity contribution >= 4 is 60.5 Å². The normalized spacial score (nSPS) is 13.1. The van der Waals surface area contributed by atoms with Crippen molar-refractivity contribution in [3.05, 3.63) is 222 Å². The summed E-state index contributed by atoms with van der Waals surface area (Å²) in [7, 11) is 0. The van der Waals surface area contributed by atoms with Crippen LogP contribution in [-0.4, -0.2) is 0 Å². The average molecular weight is 676 g/mol. The zero-order chi connectivity index (χ0) is 34.9. The second kappa shape index (κ2) is 11.6. The van der Waals surface area contributed by atoms with Crippen LogP contribution in [0.3, 0.4) is 0 Å².